The van der Waals surface area contributed by atoms with E-state index < -0.39 is 5.66 Å². The van der Waals surface area contributed by atoms with Crippen molar-refractivity contribution >= 4 is 53.2 Å². The van der Waals surface area contributed by atoms with E-state index in [-0.39, 0.29) is 24.3 Å². The fourth-order valence-electron chi connectivity index (χ4n) is 2.78. The summed E-state index contributed by atoms with van der Waals surface area (Å²) in [7, 11) is 0. The monoisotopic (exact) mass is 427 g/mol. The maximum absolute atomic E-state index is 6.40. The molecule has 0 amide bonds. The molecule has 9 heteroatoms. The summed E-state index contributed by atoms with van der Waals surface area (Å²) in [5, 5.41) is 1.12. The Kier molecular flexibility index (Phi) is 6.46. The molecule has 0 saturated heterocycles. The first-order chi connectivity index (χ1) is 12.3. The number of nitrogens with two attached hydrogens (primary N) is 2. The van der Waals surface area contributed by atoms with Crippen molar-refractivity contribution < 1.29 is 4.74 Å². The minimum Gasteiger partial charge on any atom is -0.487 e. The predicted octanol–water partition coefficient (Wildman–Crippen LogP) is 4.18. The van der Waals surface area contributed by atoms with Crippen LogP contribution in [-0.4, -0.2) is 17.6 Å². The lowest BCUT2D eigenvalue weighted by Crippen LogP contribution is -2.54. The van der Waals surface area contributed by atoms with E-state index >= 15 is 0 Å². The predicted molar refractivity (Wildman–Crippen MR) is 114 cm³/mol. The molecule has 144 valence electrons. The number of aliphatic imine (C=N–C) groups is 2. The number of anilines is 1. The molecule has 0 bridgehead atoms. The summed E-state index contributed by atoms with van der Waals surface area (Å²) in [6, 6.07) is 12.9. The zero-order valence-corrected chi connectivity index (χ0v) is 17.1. The molecule has 0 unspecified atom stereocenters. The van der Waals surface area contributed by atoms with E-state index in [0.717, 1.165) is 11.3 Å². The molecule has 2 aromatic carbocycles. The molecule has 0 spiro atoms. The average Bonchev–Trinajstić information content (AvgIpc) is 2.52. The third-order valence-corrected chi connectivity index (χ3v) is 4.38. The van der Waals surface area contributed by atoms with Crippen LogP contribution in [0.2, 0.25) is 10.0 Å². The summed E-state index contributed by atoms with van der Waals surface area (Å²) >= 11 is 12.4. The molecule has 3 rings (SSSR count). The minimum atomic E-state index is -0.678. The van der Waals surface area contributed by atoms with Gasteiger partial charge in [0.2, 0.25) is 11.9 Å². The molecule has 0 saturated carbocycles. The Balaban J connectivity index is 0.00000261. The maximum Gasteiger partial charge on any atom is 0.220 e. The number of hydrogen-bond donors (Lipinski definition) is 2. The molecule has 0 aromatic heterocycles. The second kappa shape index (κ2) is 8.25. The number of halogens is 3. The van der Waals surface area contributed by atoms with Gasteiger partial charge in [-0.25, -0.2) is 4.99 Å². The van der Waals surface area contributed by atoms with E-state index in [1.165, 1.54) is 0 Å². The minimum absolute atomic E-state index is 0. The molecule has 1 heterocycles. The maximum atomic E-state index is 6.40. The number of hydrogen-bond acceptors (Lipinski definition) is 6. The Morgan fingerprint density at radius 1 is 1.11 bits per heavy atom. The van der Waals surface area contributed by atoms with Crippen molar-refractivity contribution in [3.05, 3.63) is 58.1 Å². The lowest BCUT2D eigenvalue weighted by molar-refractivity contribution is 0.306. The van der Waals surface area contributed by atoms with Gasteiger partial charge >= 0.3 is 0 Å². The molecule has 0 radical (unpaired) electrons. The highest BCUT2D eigenvalue weighted by Crippen LogP contribution is 2.34. The number of guanidine groups is 2. The topological polar surface area (TPSA) is 89.2 Å². The van der Waals surface area contributed by atoms with Crippen LogP contribution in [0.1, 0.15) is 19.4 Å². The molecule has 1 aliphatic heterocycles. The van der Waals surface area contributed by atoms with E-state index in [4.69, 9.17) is 39.4 Å². The van der Waals surface area contributed by atoms with Gasteiger partial charge in [0.25, 0.3) is 0 Å². The molecule has 1 aliphatic rings. The van der Waals surface area contributed by atoms with Gasteiger partial charge in [0.15, 0.2) is 0 Å². The lowest BCUT2D eigenvalue weighted by Gasteiger charge is -2.38. The third kappa shape index (κ3) is 4.77. The van der Waals surface area contributed by atoms with Crippen LogP contribution in [0.3, 0.4) is 0 Å². The second-order valence-corrected chi connectivity index (χ2v) is 7.15. The number of benzene rings is 2. The van der Waals surface area contributed by atoms with Crippen LogP contribution < -0.4 is 21.1 Å². The zero-order valence-electron chi connectivity index (χ0n) is 14.8. The lowest BCUT2D eigenvalue weighted by atomic mass is 10.1. The summed E-state index contributed by atoms with van der Waals surface area (Å²) in [5.74, 6) is 0.964. The van der Waals surface area contributed by atoms with E-state index in [2.05, 4.69) is 9.98 Å². The summed E-state index contributed by atoms with van der Waals surface area (Å²) in [6.07, 6.45) is 0. The highest BCUT2D eigenvalue weighted by Gasteiger charge is 2.33. The van der Waals surface area contributed by atoms with Crippen molar-refractivity contribution in [2.75, 3.05) is 4.90 Å². The number of rotatable bonds is 4. The average molecular weight is 429 g/mol. The van der Waals surface area contributed by atoms with Gasteiger partial charge in [0, 0.05) is 10.7 Å². The van der Waals surface area contributed by atoms with Gasteiger partial charge in [-0.3, -0.25) is 4.90 Å². The molecule has 2 aromatic rings. The van der Waals surface area contributed by atoms with Gasteiger partial charge in [-0.1, -0.05) is 35.3 Å². The Labute approximate surface area is 174 Å². The molecular weight excluding hydrogens is 409 g/mol. The summed E-state index contributed by atoms with van der Waals surface area (Å²) in [6.45, 7) is 4.14. The van der Waals surface area contributed by atoms with Crippen LogP contribution >= 0.6 is 35.6 Å². The van der Waals surface area contributed by atoms with Gasteiger partial charge < -0.3 is 16.2 Å². The van der Waals surface area contributed by atoms with Crippen LogP contribution in [0.15, 0.2) is 52.4 Å². The van der Waals surface area contributed by atoms with Crippen LogP contribution in [0.4, 0.5) is 5.69 Å². The number of ether oxygens (including phenoxy) is 1. The van der Waals surface area contributed by atoms with E-state index in [1.807, 2.05) is 44.2 Å². The highest BCUT2D eigenvalue weighted by atomic mass is 35.5. The first-order valence-electron chi connectivity index (χ1n) is 7.93. The smallest absolute Gasteiger partial charge is 0.220 e. The van der Waals surface area contributed by atoms with Gasteiger partial charge in [-0.05, 0) is 49.7 Å². The molecule has 6 nitrogen and oxygen atoms in total. The number of nitrogens with zero attached hydrogens (tertiary/aromatic N) is 3. The summed E-state index contributed by atoms with van der Waals surface area (Å²) in [5.41, 5.74) is 12.8. The van der Waals surface area contributed by atoms with E-state index in [1.54, 1.807) is 17.0 Å². The Hall–Kier alpha value is -2.15. The van der Waals surface area contributed by atoms with Crippen LogP contribution in [0.25, 0.3) is 0 Å². The van der Waals surface area contributed by atoms with Gasteiger partial charge in [0.1, 0.15) is 18.0 Å². The second-order valence-electron chi connectivity index (χ2n) is 6.30. The molecular formula is C18H20Cl3N5O. The van der Waals surface area contributed by atoms with E-state index in [0.29, 0.717) is 22.4 Å². The van der Waals surface area contributed by atoms with Crippen molar-refractivity contribution in [3.63, 3.8) is 0 Å². The largest absolute Gasteiger partial charge is 0.487 e. The highest BCUT2D eigenvalue weighted by molar-refractivity contribution is 6.32. The molecule has 27 heavy (non-hydrogen) atoms. The van der Waals surface area contributed by atoms with Crippen LogP contribution in [-0.2, 0) is 6.61 Å². The van der Waals surface area contributed by atoms with Crippen LogP contribution in [0.5, 0.6) is 5.75 Å². The molecule has 0 atom stereocenters. The van der Waals surface area contributed by atoms with Crippen LogP contribution in [0, 0.1) is 0 Å². The molecule has 0 fully saturated rings. The fraction of sp³-hybridized carbons (Fsp3) is 0.222. The van der Waals surface area contributed by atoms with Crippen molar-refractivity contribution in [1.29, 1.82) is 0 Å². The third-order valence-electron chi connectivity index (χ3n) is 3.85. The summed E-state index contributed by atoms with van der Waals surface area (Å²) < 4.78 is 5.80. The molecule has 4 N–H and O–H groups in total. The van der Waals surface area contributed by atoms with Crippen molar-refractivity contribution in [3.8, 4) is 5.75 Å². The van der Waals surface area contributed by atoms with E-state index in [9.17, 15) is 0 Å². The first-order valence-corrected chi connectivity index (χ1v) is 8.68. The zero-order chi connectivity index (χ0) is 18.9. The SMILES string of the molecule is CC1(C)N=C(N)N=C(N)N1c1ccc(OCc2cccc(Cl)c2)c(Cl)c1.Cl. The molecule has 0 aliphatic carbocycles. The van der Waals surface area contributed by atoms with Gasteiger partial charge in [-0.2, -0.15) is 4.99 Å². The van der Waals surface area contributed by atoms with Gasteiger partial charge in [0.05, 0.1) is 5.02 Å². The standard InChI is InChI=1S/C18H19Cl2N5O.ClH/c1-18(2)24-16(21)23-17(22)25(18)13-6-7-15(14(20)9-13)26-10-11-4-3-5-12(19)8-11;/h3-9H,10H2,1-2H3,(H4,21,22,23,24);1H. The van der Waals surface area contributed by atoms with Crippen molar-refractivity contribution in [2.24, 2.45) is 21.5 Å². The Bertz CT molecular complexity index is 898. The first kappa shape index (κ1) is 21.2. The van der Waals surface area contributed by atoms with Crippen molar-refractivity contribution in [2.45, 2.75) is 26.1 Å². The van der Waals surface area contributed by atoms with Gasteiger partial charge in [-0.15, -0.1) is 12.4 Å². The fourth-order valence-corrected chi connectivity index (χ4v) is 3.23. The Morgan fingerprint density at radius 3 is 2.48 bits per heavy atom. The normalized spacial score (nSPS) is 15.5. The summed E-state index contributed by atoms with van der Waals surface area (Å²) in [4.78, 5) is 10.1. The van der Waals surface area contributed by atoms with Crippen molar-refractivity contribution in [1.82, 2.24) is 0 Å². The quantitative estimate of drug-likeness (QED) is 0.764. The Morgan fingerprint density at radius 2 is 1.85 bits per heavy atom.